The number of alkyl carbamates (subject to hydrolysis) is 1. The number of nitriles is 1. The molecule has 0 radical (unpaired) electrons. The molecule has 2 amide bonds. The number of nitrogens with one attached hydrogen (secondary N) is 2. The lowest BCUT2D eigenvalue weighted by Crippen LogP contribution is -2.54. The molecule has 2 heterocycles. The van der Waals surface area contributed by atoms with Crippen molar-refractivity contribution in [2.45, 2.75) is 53.4 Å². The lowest BCUT2D eigenvalue weighted by atomic mass is 9.59. The molecule has 268 valence electrons. The van der Waals surface area contributed by atoms with Crippen molar-refractivity contribution in [1.82, 2.24) is 10.2 Å². The van der Waals surface area contributed by atoms with Gasteiger partial charge in [-0.15, -0.1) is 0 Å². The lowest BCUT2D eigenvalue weighted by Gasteiger charge is -2.47. The summed E-state index contributed by atoms with van der Waals surface area (Å²) in [5, 5.41) is 16.0. The molecule has 3 aliphatic rings. The van der Waals surface area contributed by atoms with Gasteiger partial charge < -0.3 is 25.2 Å². The molecular formula is C39H44FN5O5S. The van der Waals surface area contributed by atoms with Gasteiger partial charge in [0.2, 0.25) is 15.7 Å². The number of ether oxygens (including phenoxy) is 1. The van der Waals surface area contributed by atoms with Crippen LogP contribution < -0.4 is 15.5 Å². The van der Waals surface area contributed by atoms with Crippen LogP contribution in [0.2, 0.25) is 0 Å². The molecule has 1 unspecified atom stereocenters. The van der Waals surface area contributed by atoms with Crippen LogP contribution in [0.1, 0.15) is 37.7 Å². The summed E-state index contributed by atoms with van der Waals surface area (Å²) in [5.41, 5.74) is 1.15. The quantitative estimate of drug-likeness (QED) is 0.234. The Hall–Kier alpha value is -4.73. The maximum Gasteiger partial charge on any atom is 0.407 e. The Bertz CT molecular complexity index is 1880. The van der Waals surface area contributed by atoms with E-state index in [0.29, 0.717) is 23.6 Å². The van der Waals surface area contributed by atoms with E-state index in [9.17, 15) is 27.7 Å². The normalized spacial score (nSPS) is 21.2. The number of likely N-dealkylation sites (tertiary alicyclic amines) is 1. The summed E-state index contributed by atoms with van der Waals surface area (Å²) in [6, 6.07) is 22.0. The number of rotatable bonds is 11. The van der Waals surface area contributed by atoms with E-state index in [1.807, 2.05) is 18.2 Å². The van der Waals surface area contributed by atoms with Crippen LogP contribution in [0.25, 0.3) is 0 Å². The largest absolute Gasteiger partial charge is 0.446 e. The van der Waals surface area contributed by atoms with Crippen molar-refractivity contribution in [2.24, 2.45) is 17.8 Å². The van der Waals surface area contributed by atoms with Crippen LogP contribution >= 0.6 is 0 Å². The number of piperidine rings is 1. The summed E-state index contributed by atoms with van der Waals surface area (Å²) >= 11 is 0. The average Bonchev–Trinajstić information content (AvgIpc) is 3.59. The Morgan fingerprint density at radius 2 is 1.69 bits per heavy atom. The minimum Gasteiger partial charge on any atom is -0.446 e. The smallest absolute Gasteiger partial charge is 0.407 e. The summed E-state index contributed by atoms with van der Waals surface area (Å²) in [5.74, 6) is -0.531. The molecule has 6 rings (SSSR count). The van der Waals surface area contributed by atoms with Gasteiger partial charge in [0.05, 0.1) is 21.3 Å². The van der Waals surface area contributed by atoms with Gasteiger partial charge in [0.15, 0.2) is 0 Å². The second-order valence-corrected chi connectivity index (χ2v) is 15.7. The highest BCUT2D eigenvalue weighted by molar-refractivity contribution is 7.91. The Labute approximate surface area is 299 Å². The van der Waals surface area contributed by atoms with Crippen LogP contribution in [0.4, 0.5) is 20.6 Å². The first-order valence-corrected chi connectivity index (χ1v) is 19.0. The zero-order valence-corrected chi connectivity index (χ0v) is 29.6. The first kappa shape index (κ1) is 36.1. The zero-order valence-electron chi connectivity index (χ0n) is 28.8. The van der Waals surface area contributed by atoms with E-state index < -0.39 is 27.4 Å². The van der Waals surface area contributed by atoms with Crippen LogP contribution in [-0.4, -0.2) is 71.2 Å². The first-order chi connectivity index (χ1) is 24.6. The van der Waals surface area contributed by atoms with Gasteiger partial charge in [0, 0.05) is 49.9 Å². The van der Waals surface area contributed by atoms with Crippen LogP contribution in [0.3, 0.4) is 0 Å². The number of hydrogen-bond donors (Lipinski definition) is 2. The van der Waals surface area contributed by atoms with Gasteiger partial charge in [-0.1, -0.05) is 18.7 Å². The number of nitrogens with zero attached hydrogens (tertiary/aromatic N) is 3. The highest BCUT2D eigenvalue weighted by atomic mass is 32.2. The predicted molar refractivity (Wildman–Crippen MR) is 192 cm³/mol. The number of amides is 2. The maximum absolute atomic E-state index is 14.6. The fraction of sp³-hybridized carbons (Fsp3) is 0.410. The van der Waals surface area contributed by atoms with E-state index in [2.05, 4.69) is 33.1 Å². The Balaban J connectivity index is 1.05. The number of anilines is 2. The van der Waals surface area contributed by atoms with Crippen molar-refractivity contribution in [3.8, 4) is 6.07 Å². The maximum atomic E-state index is 14.6. The number of hydrogen-bond acceptors (Lipinski definition) is 8. The molecule has 0 bridgehead atoms. The first-order valence-electron chi connectivity index (χ1n) is 17.5. The number of carbonyl (C=O) groups excluding carboxylic acids is 2. The van der Waals surface area contributed by atoms with Crippen molar-refractivity contribution in [2.75, 3.05) is 50.0 Å². The minimum atomic E-state index is -3.72. The molecule has 3 aromatic rings. The highest BCUT2D eigenvalue weighted by Crippen LogP contribution is 2.51. The topological polar surface area (TPSA) is 132 Å². The molecule has 12 heteroatoms. The Kier molecular flexibility index (Phi) is 10.8. The molecule has 2 aliphatic heterocycles. The van der Waals surface area contributed by atoms with Crippen LogP contribution in [0, 0.1) is 34.9 Å². The van der Waals surface area contributed by atoms with Crippen LogP contribution in [0.15, 0.2) is 95.2 Å². The predicted octanol–water partition coefficient (Wildman–Crippen LogP) is 5.92. The van der Waals surface area contributed by atoms with Crippen molar-refractivity contribution < 1.29 is 27.1 Å². The fourth-order valence-corrected chi connectivity index (χ4v) is 9.50. The molecule has 1 saturated carbocycles. The van der Waals surface area contributed by atoms with Gasteiger partial charge in [-0.25, -0.2) is 17.6 Å². The van der Waals surface area contributed by atoms with Crippen molar-refractivity contribution in [1.29, 1.82) is 5.26 Å². The summed E-state index contributed by atoms with van der Waals surface area (Å²) in [6.45, 7) is 7.69. The van der Waals surface area contributed by atoms with Gasteiger partial charge in [0.25, 0.3) is 0 Å². The molecule has 0 aromatic heterocycles. The van der Waals surface area contributed by atoms with Crippen molar-refractivity contribution in [3.05, 3.63) is 96.8 Å². The Morgan fingerprint density at radius 3 is 2.29 bits per heavy atom. The second kappa shape index (κ2) is 15.3. The molecule has 10 nitrogen and oxygen atoms in total. The number of sulfone groups is 1. The molecule has 3 atom stereocenters. The van der Waals surface area contributed by atoms with E-state index in [0.717, 1.165) is 70.2 Å². The number of benzene rings is 3. The van der Waals surface area contributed by atoms with Gasteiger partial charge in [-0.05, 0) is 123 Å². The molecule has 1 aliphatic carbocycles. The summed E-state index contributed by atoms with van der Waals surface area (Å²) in [4.78, 5) is 28.8. The van der Waals surface area contributed by atoms with Gasteiger partial charge in [0.1, 0.15) is 11.9 Å². The lowest BCUT2D eigenvalue weighted by molar-refractivity contribution is -0.111. The van der Waals surface area contributed by atoms with E-state index in [4.69, 9.17) is 4.74 Å². The molecule has 51 heavy (non-hydrogen) atoms. The third kappa shape index (κ3) is 7.51. The number of carbonyl (C=O) groups is 2. The summed E-state index contributed by atoms with van der Waals surface area (Å²) in [6.07, 6.45) is 4.05. The second-order valence-electron chi connectivity index (χ2n) is 13.8. The molecule has 2 saturated heterocycles. The molecular weight excluding hydrogens is 670 g/mol. The van der Waals surface area contributed by atoms with Gasteiger partial charge >= 0.3 is 6.09 Å². The number of halogens is 1. The zero-order chi connectivity index (χ0) is 36.2. The summed E-state index contributed by atoms with van der Waals surface area (Å²) in [7, 11) is -2.20. The molecule has 0 spiro atoms. The third-order valence-electron chi connectivity index (χ3n) is 10.8. The minimum absolute atomic E-state index is 0.0109. The standard InChI is InChI=1S/C39H44FN5O5S/c1-3-37(46)43-31-10-14-33(15-11-31)51(48,49)34-16-12-32(13-17-34)45-24-27(25-45)23-44-20-18-28(19-21-44)39(26-41,29-6-4-7-30(40)22-29)35-8-5-9-36(35)50-38(47)42-2/h3-4,6-7,10-17,22,27-28,35-36H,1,5,8-9,18-21,23-25H2,2H3,(H,42,47)(H,43,46)/t35-,36-,39?/m0/s1. The average molecular weight is 714 g/mol. The molecule has 3 aromatic carbocycles. The van der Waals surface area contributed by atoms with E-state index in [-0.39, 0.29) is 33.4 Å². The fourth-order valence-electron chi connectivity index (χ4n) is 8.24. The molecule has 3 fully saturated rings. The van der Waals surface area contributed by atoms with E-state index in [1.54, 1.807) is 30.3 Å². The van der Waals surface area contributed by atoms with Crippen LogP contribution in [-0.2, 0) is 24.8 Å². The monoisotopic (exact) mass is 713 g/mol. The van der Waals surface area contributed by atoms with Crippen molar-refractivity contribution >= 4 is 33.2 Å². The van der Waals surface area contributed by atoms with E-state index in [1.165, 1.54) is 31.3 Å². The van der Waals surface area contributed by atoms with Gasteiger partial charge in [-0.3, -0.25) is 4.79 Å². The van der Waals surface area contributed by atoms with Crippen molar-refractivity contribution in [3.63, 3.8) is 0 Å². The highest BCUT2D eigenvalue weighted by Gasteiger charge is 2.53. The summed E-state index contributed by atoms with van der Waals surface area (Å²) < 4.78 is 46.8. The SMILES string of the molecule is C=CC(=O)Nc1ccc(S(=O)(=O)c2ccc(N3CC(CN4CCC(C(C#N)(c5cccc(F)c5)[C@H]5CCC[C@@H]5OC(=O)NC)CC4)C3)cc2)cc1. The molecule has 2 N–H and O–H groups in total. The third-order valence-corrected chi connectivity index (χ3v) is 12.6. The van der Waals surface area contributed by atoms with E-state index >= 15 is 0 Å². The van der Waals surface area contributed by atoms with Crippen LogP contribution in [0.5, 0.6) is 0 Å². The Morgan fingerprint density at radius 1 is 1.02 bits per heavy atom. The van der Waals surface area contributed by atoms with Gasteiger partial charge in [-0.2, -0.15) is 5.26 Å².